The van der Waals surface area contributed by atoms with Gasteiger partial charge < -0.3 is 4.57 Å². The molecule has 1 N–H and O–H groups in total. The summed E-state index contributed by atoms with van der Waals surface area (Å²) in [7, 11) is 0. The molecule has 5 aromatic rings. The number of benzene rings is 2. The summed E-state index contributed by atoms with van der Waals surface area (Å²) in [6, 6.07) is 17.6. The average Bonchev–Trinajstić information content (AvgIpc) is 3.23. The number of aromatic nitrogens is 6. The Bertz CT molecular complexity index is 1570. The number of nitrogens with one attached hydrogen (secondary N) is 1. The van der Waals surface area contributed by atoms with Crippen LogP contribution in [-0.4, -0.2) is 29.1 Å². The molecule has 5 rings (SSSR count). The zero-order chi connectivity index (χ0) is 23.5. The Kier molecular flexibility index (Phi) is 6.27. The van der Waals surface area contributed by atoms with E-state index in [0.29, 0.717) is 30.0 Å². The third-order valence-electron chi connectivity index (χ3n) is 5.73. The molecule has 3 heterocycles. The van der Waals surface area contributed by atoms with Crippen molar-refractivity contribution in [3.63, 3.8) is 0 Å². The van der Waals surface area contributed by atoms with Gasteiger partial charge >= 0.3 is 5.69 Å². The lowest BCUT2D eigenvalue weighted by molar-refractivity contribution is 0.626. The first-order valence-corrected chi connectivity index (χ1v) is 12.2. The molecule has 0 spiro atoms. The van der Waals surface area contributed by atoms with Gasteiger partial charge in [-0.3, -0.25) is 14.3 Å². The van der Waals surface area contributed by atoms with Crippen LogP contribution in [0.1, 0.15) is 31.2 Å². The number of imidazole rings is 1. The normalized spacial score (nSPS) is 11.4. The van der Waals surface area contributed by atoms with Gasteiger partial charge in [0.2, 0.25) is 0 Å². The first kappa shape index (κ1) is 22.1. The number of nitrogens with zero attached hydrogens (tertiary/aromatic N) is 5. The van der Waals surface area contributed by atoms with Crippen LogP contribution < -0.4 is 11.2 Å². The summed E-state index contributed by atoms with van der Waals surface area (Å²) in [5, 5.41) is 1.83. The smallest absolute Gasteiger partial charge is 0.321 e. The van der Waals surface area contributed by atoms with Crippen molar-refractivity contribution in [1.82, 2.24) is 29.1 Å². The van der Waals surface area contributed by atoms with E-state index in [9.17, 15) is 9.59 Å². The van der Waals surface area contributed by atoms with Crippen LogP contribution in [0.5, 0.6) is 0 Å². The molecule has 9 heteroatoms. The van der Waals surface area contributed by atoms with Crippen molar-refractivity contribution in [2.24, 2.45) is 0 Å². The average molecular weight is 473 g/mol. The predicted molar refractivity (Wildman–Crippen MR) is 134 cm³/mol. The summed E-state index contributed by atoms with van der Waals surface area (Å²) < 4.78 is 3.50. The Hall–Kier alpha value is -3.72. The minimum atomic E-state index is -0.456. The van der Waals surface area contributed by atoms with E-state index >= 15 is 0 Å². The van der Waals surface area contributed by atoms with Gasteiger partial charge in [-0.25, -0.2) is 19.7 Å². The van der Waals surface area contributed by atoms with Crippen molar-refractivity contribution in [2.75, 3.05) is 0 Å². The van der Waals surface area contributed by atoms with Crippen molar-refractivity contribution in [2.45, 2.75) is 43.6 Å². The summed E-state index contributed by atoms with van der Waals surface area (Å²) in [5.41, 5.74) is 1.83. The van der Waals surface area contributed by atoms with Gasteiger partial charge in [0, 0.05) is 11.9 Å². The molecule has 34 heavy (non-hydrogen) atoms. The monoisotopic (exact) mass is 472 g/mol. The molecule has 0 bridgehead atoms. The van der Waals surface area contributed by atoms with Crippen LogP contribution in [0.2, 0.25) is 0 Å². The quantitative estimate of drug-likeness (QED) is 0.271. The summed E-state index contributed by atoms with van der Waals surface area (Å²) in [6.45, 7) is 3.09. The van der Waals surface area contributed by atoms with E-state index in [4.69, 9.17) is 4.98 Å². The standard InChI is InChI=1S/C25H24N6O2S/c1-2-3-13-30-20(15-34-24-18-11-7-8-12-19(18)26-16-27-24)28-22-21(30)23(32)29-25(33)31(22)14-17-9-5-4-6-10-17/h4-12,16H,2-3,13-15H2,1H3,(H,29,32,33). The first-order valence-electron chi connectivity index (χ1n) is 11.2. The number of hydrogen-bond acceptors (Lipinski definition) is 6. The number of para-hydroxylation sites is 1. The molecule has 0 aliphatic rings. The van der Waals surface area contributed by atoms with Gasteiger partial charge in [-0.2, -0.15) is 0 Å². The summed E-state index contributed by atoms with van der Waals surface area (Å²) in [5.74, 6) is 1.26. The lowest BCUT2D eigenvalue weighted by Crippen LogP contribution is -2.31. The molecular weight excluding hydrogens is 448 g/mol. The largest absolute Gasteiger partial charge is 0.330 e. The Morgan fingerprint density at radius 1 is 0.971 bits per heavy atom. The molecule has 0 aliphatic heterocycles. The highest BCUT2D eigenvalue weighted by Gasteiger charge is 2.19. The summed E-state index contributed by atoms with van der Waals surface area (Å²) in [6.07, 6.45) is 3.44. The second-order valence-electron chi connectivity index (χ2n) is 8.02. The van der Waals surface area contributed by atoms with E-state index in [0.717, 1.165) is 40.2 Å². The lowest BCUT2D eigenvalue weighted by Gasteiger charge is -2.09. The Labute approximate surface area is 199 Å². The molecular formula is C25H24N6O2S. The van der Waals surface area contributed by atoms with E-state index in [1.165, 1.54) is 0 Å². The highest BCUT2D eigenvalue weighted by atomic mass is 32.2. The molecule has 172 valence electrons. The maximum atomic E-state index is 12.9. The molecule has 2 aromatic carbocycles. The van der Waals surface area contributed by atoms with Crippen molar-refractivity contribution in [1.29, 1.82) is 0 Å². The second-order valence-corrected chi connectivity index (χ2v) is 8.99. The fourth-order valence-electron chi connectivity index (χ4n) is 4.03. The van der Waals surface area contributed by atoms with Crippen LogP contribution in [0.4, 0.5) is 0 Å². The number of aromatic amines is 1. The second kappa shape index (κ2) is 9.64. The van der Waals surface area contributed by atoms with Crippen LogP contribution in [0.15, 0.2) is 75.5 Å². The first-order chi connectivity index (χ1) is 16.7. The molecule has 0 atom stereocenters. The molecule has 8 nitrogen and oxygen atoms in total. The molecule has 0 fully saturated rings. The number of rotatable bonds is 8. The Morgan fingerprint density at radius 3 is 2.59 bits per heavy atom. The van der Waals surface area contributed by atoms with E-state index < -0.39 is 11.2 Å². The SMILES string of the molecule is CCCCn1c(CSc2ncnc3ccccc23)nc2c1c(=O)[nH]c(=O)n2Cc1ccccc1. The van der Waals surface area contributed by atoms with Crippen molar-refractivity contribution in [3.8, 4) is 0 Å². The van der Waals surface area contributed by atoms with Gasteiger partial charge in [-0.1, -0.05) is 73.6 Å². The number of hydrogen-bond donors (Lipinski definition) is 1. The zero-order valence-electron chi connectivity index (χ0n) is 18.8. The zero-order valence-corrected chi connectivity index (χ0v) is 19.6. The minimum absolute atomic E-state index is 0.334. The van der Waals surface area contributed by atoms with Crippen LogP contribution in [0.25, 0.3) is 22.1 Å². The van der Waals surface area contributed by atoms with Gasteiger partial charge in [0.1, 0.15) is 17.2 Å². The number of H-pyrrole nitrogens is 1. The lowest BCUT2D eigenvalue weighted by atomic mass is 10.2. The summed E-state index contributed by atoms with van der Waals surface area (Å²) in [4.78, 5) is 41.8. The van der Waals surface area contributed by atoms with Gasteiger partial charge in [-0.05, 0) is 18.1 Å². The molecule has 0 saturated carbocycles. The number of thioether (sulfide) groups is 1. The molecule has 0 aliphatic carbocycles. The third kappa shape index (κ3) is 4.26. The van der Waals surface area contributed by atoms with E-state index in [2.05, 4.69) is 21.9 Å². The van der Waals surface area contributed by atoms with Gasteiger partial charge in [-0.15, -0.1) is 0 Å². The van der Waals surface area contributed by atoms with E-state index in [-0.39, 0.29) is 0 Å². The summed E-state index contributed by atoms with van der Waals surface area (Å²) >= 11 is 1.55. The molecule has 0 saturated heterocycles. The Morgan fingerprint density at radius 2 is 1.76 bits per heavy atom. The van der Waals surface area contributed by atoms with Gasteiger partial charge in [0.15, 0.2) is 11.2 Å². The van der Waals surface area contributed by atoms with Crippen LogP contribution in [0.3, 0.4) is 0 Å². The van der Waals surface area contributed by atoms with Crippen LogP contribution in [0, 0.1) is 0 Å². The maximum absolute atomic E-state index is 12.9. The number of aryl methyl sites for hydroxylation is 1. The molecule has 0 unspecified atom stereocenters. The molecule has 3 aromatic heterocycles. The number of unbranched alkanes of at least 4 members (excludes halogenated alkanes) is 1. The number of fused-ring (bicyclic) bond motifs is 2. The van der Waals surface area contributed by atoms with Crippen LogP contribution in [-0.2, 0) is 18.8 Å². The van der Waals surface area contributed by atoms with Crippen molar-refractivity contribution < 1.29 is 0 Å². The van der Waals surface area contributed by atoms with Gasteiger partial charge in [0.25, 0.3) is 5.56 Å². The molecule has 0 radical (unpaired) electrons. The minimum Gasteiger partial charge on any atom is -0.321 e. The highest BCUT2D eigenvalue weighted by Crippen LogP contribution is 2.28. The topological polar surface area (TPSA) is 98.5 Å². The van der Waals surface area contributed by atoms with Crippen molar-refractivity contribution in [3.05, 3.63) is 93.2 Å². The van der Waals surface area contributed by atoms with E-state index in [1.54, 1.807) is 22.7 Å². The highest BCUT2D eigenvalue weighted by molar-refractivity contribution is 7.98. The van der Waals surface area contributed by atoms with Crippen molar-refractivity contribution >= 4 is 33.8 Å². The van der Waals surface area contributed by atoms with Gasteiger partial charge in [0.05, 0.1) is 17.8 Å². The predicted octanol–water partition coefficient (Wildman–Crippen LogP) is 3.97. The van der Waals surface area contributed by atoms with Crippen LogP contribution >= 0.6 is 11.8 Å². The van der Waals surface area contributed by atoms with E-state index in [1.807, 2.05) is 59.2 Å². The Balaban J connectivity index is 1.59. The maximum Gasteiger partial charge on any atom is 0.330 e. The third-order valence-corrected chi connectivity index (χ3v) is 6.73. The molecule has 0 amide bonds. The fraction of sp³-hybridized carbons (Fsp3) is 0.240. The fourth-order valence-corrected chi connectivity index (χ4v) is 4.96.